The molecule has 2 aromatic rings. The third-order valence-corrected chi connectivity index (χ3v) is 5.70. The van der Waals surface area contributed by atoms with Crippen molar-refractivity contribution in [2.75, 3.05) is 5.32 Å². The highest BCUT2D eigenvalue weighted by Crippen LogP contribution is 2.50. The van der Waals surface area contributed by atoms with Crippen LogP contribution in [0, 0.1) is 18.8 Å². The largest absolute Gasteiger partial charge is 0.481 e. The van der Waals surface area contributed by atoms with Gasteiger partial charge in [-0.2, -0.15) is 0 Å². The third-order valence-electron chi connectivity index (χ3n) is 4.55. The van der Waals surface area contributed by atoms with E-state index < -0.39 is 11.9 Å². The van der Waals surface area contributed by atoms with Gasteiger partial charge in [0.25, 0.3) is 0 Å². The van der Waals surface area contributed by atoms with Gasteiger partial charge in [0, 0.05) is 22.4 Å². The maximum absolute atomic E-state index is 12.4. The van der Waals surface area contributed by atoms with Crippen LogP contribution in [-0.4, -0.2) is 17.0 Å². The molecule has 1 heterocycles. The van der Waals surface area contributed by atoms with E-state index in [1.54, 1.807) is 18.3 Å². The Bertz CT molecular complexity index is 750. The fourth-order valence-electron chi connectivity index (χ4n) is 2.94. The van der Waals surface area contributed by atoms with E-state index in [1.165, 1.54) is 10.4 Å². The van der Waals surface area contributed by atoms with Crippen molar-refractivity contribution in [1.82, 2.24) is 0 Å². The SMILES string of the molecule is Cc1ccsc1C1CC1C(=O)Nc1ccc(CC(C)C(=O)O)cc1. The van der Waals surface area contributed by atoms with Gasteiger partial charge in [0.05, 0.1) is 5.92 Å². The Morgan fingerprint density at radius 3 is 2.58 bits per heavy atom. The molecule has 0 bridgehead atoms. The molecule has 0 radical (unpaired) electrons. The van der Waals surface area contributed by atoms with E-state index in [-0.39, 0.29) is 11.8 Å². The molecule has 0 spiro atoms. The van der Waals surface area contributed by atoms with E-state index in [4.69, 9.17) is 5.11 Å². The second-order valence-corrected chi connectivity index (χ2v) is 7.49. The molecular weight excluding hydrogens is 322 g/mol. The normalized spacial score (nSPS) is 20.4. The molecular formula is C19H21NO3S. The molecule has 5 heteroatoms. The molecule has 1 saturated carbocycles. The number of carboxylic acids is 1. The lowest BCUT2D eigenvalue weighted by Crippen LogP contribution is -2.15. The minimum Gasteiger partial charge on any atom is -0.481 e. The molecule has 0 saturated heterocycles. The summed E-state index contributed by atoms with van der Waals surface area (Å²) in [4.78, 5) is 24.6. The average molecular weight is 343 g/mol. The van der Waals surface area contributed by atoms with Crippen LogP contribution in [0.3, 0.4) is 0 Å². The highest BCUT2D eigenvalue weighted by atomic mass is 32.1. The lowest BCUT2D eigenvalue weighted by Gasteiger charge is -2.08. The summed E-state index contributed by atoms with van der Waals surface area (Å²) in [5.74, 6) is -0.711. The van der Waals surface area contributed by atoms with Crippen molar-refractivity contribution >= 4 is 28.9 Å². The van der Waals surface area contributed by atoms with Crippen molar-refractivity contribution in [1.29, 1.82) is 0 Å². The minimum absolute atomic E-state index is 0.0639. The Balaban J connectivity index is 1.56. The number of carbonyl (C=O) groups excluding carboxylic acids is 1. The summed E-state index contributed by atoms with van der Waals surface area (Å²) >= 11 is 1.73. The molecule has 1 amide bonds. The van der Waals surface area contributed by atoms with Crippen LogP contribution in [-0.2, 0) is 16.0 Å². The van der Waals surface area contributed by atoms with Gasteiger partial charge in [-0.25, -0.2) is 0 Å². The summed E-state index contributed by atoms with van der Waals surface area (Å²) in [5, 5.41) is 14.0. The first-order valence-electron chi connectivity index (χ1n) is 8.12. The Morgan fingerprint density at radius 1 is 1.29 bits per heavy atom. The average Bonchev–Trinajstić information content (AvgIpc) is 3.23. The number of anilines is 1. The highest BCUT2D eigenvalue weighted by molar-refractivity contribution is 7.10. The lowest BCUT2D eigenvalue weighted by atomic mass is 10.0. The summed E-state index contributed by atoms with van der Waals surface area (Å²) in [6, 6.07) is 9.54. The molecule has 3 rings (SSSR count). The Hall–Kier alpha value is -2.14. The van der Waals surface area contributed by atoms with Crippen molar-refractivity contribution in [2.24, 2.45) is 11.8 Å². The van der Waals surface area contributed by atoms with Crippen molar-refractivity contribution in [3.05, 3.63) is 51.7 Å². The Labute approximate surface area is 145 Å². The van der Waals surface area contributed by atoms with Crippen LogP contribution in [0.1, 0.15) is 35.3 Å². The second kappa shape index (κ2) is 6.77. The first-order valence-corrected chi connectivity index (χ1v) is 9.00. The minimum atomic E-state index is -0.795. The number of thiophene rings is 1. The number of carboxylic acid groups (broad SMARTS) is 1. The van der Waals surface area contributed by atoms with Gasteiger partial charge in [0.1, 0.15) is 0 Å². The number of aryl methyl sites for hydroxylation is 1. The van der Waals surface area contributed by atoms with E-state index in [2.05, 4.69) is 23.7 Å². The molecule has 1 aromatic heterocycles. The molecule has 1 fully saturated rings. The van der Waals surface area contributed by atoms with Crippen LogP contribution in [0.15, 0.2) is 35.7 Å². The zero-order chi connectivity index (χ0) is 17.3. The van der Waals surface area contributed by atoms with Crippen molar-refractivity contribution in [2.45, 2.75) is 32.6 Å². The summed E-state index contributed by atoms with van der Waals surface area (Å²) in [7, 11) is 0. The number of aliphatic carboxylic acids is 1. The maximum Gasteiger partial charge on any atom is 0.306 e. The summed E-state index contributed by atoms with van der Waals surface area (Å²) < 4.78 is 0. The van der Waals surface area contributed by atoms with Crippen molar-refractivity contribution < 1.29 is 14.7 Å². The van der Waals surface area contributed by atoms with Crippen molar-refractivity contribution in [3.63, 3.8) is 0 Å². The van der Waals surface area contributed by atoms with Gasteiger partial charge in [-0.1, -0.05) is 19.1 Å². The van der Waals surface area contributed by atoms with E-state index >= 15 is 0 Å². The van der Waals surface area contributed by atoms with Crippen LogP contribution in [0.25, 0.3) is 0 Å². The number of hydrogen-bond acceptors (Lipinski definition) is 3. The quantitative estimate of drug-likeness (QED) is 0.831. The molecule has 24 heavy (non-hydrogen) atoms. The van der Waals surface area contributed by atoms with Crippen LogP contribution in [0.4, 0.5) is 5.69 Å². The van der Waals surface area contributed by atoms with Crippen molar-refractivity contribution in [3.8, 4) is 0 Å². The van der Waals surface area contributed by atoms with Crippen LogP contribution < -0.4 is 5.32 Å². The van der Waals surface area contributed by atoms with Gasteiger partial charge in [-0.15, -0.1) is 11.3 Å². The lowest BCUT2D eigenvalue weighted by molar-refractivity contribution is -0.141. The van der Waals surface area contributed by atoms with E-state index in [1.807, 2.05) is 24.3 Å². The smallest absolute Gasteiger partial charge is 0.306 e. The van der Waals surface area contributed by atoms with E-state index in [0.717, 1.165) is 17.7 Å². The maximum atomic E-state index is 12.4. The van der Waals surface area contributed by atoms with Gasteiger partial charge in [-0.3, -0.25) is 9.59 Å². The first-order chi connectivity index (χ1) is 11.5. The zero-order valence-corrected chi connectivity index (χ0v) is 14.6. The van der Waals surface area contributed by atoms with Gasteiger partial charge in [0.15, 0.2) is 0 Å². The Morgan fingerprint density at radius 2 is 2.00 bits per heavy atom. The fourth-order valence-corrected chi connectivity index (χ4v) is 4.05. The molecule has 2 N–H and O–H groups in total. The van der Waals surface area contributed by atoms with Crippen LogP contribution >= 0.6 is 11.3 Å². The molecule has 1 aromatic carbocycles. The number of rotatable bonds is 6. The summed E-state index contributed by atoms with van der Waals surface area (Å²) in [6.07, 6.45) is 1.41. The number of carbonyl (C=O) groups is 2. The second-order valence-electron chi connectivity index (χ2n) is 6.55. The Kier molecular flexibility index (Phi) is 4.71. The van der Waals surface area contributed by atoms with Gasteiger partial charge < -0.3 is 10.4 Å². The fraction of sp³-hybridized carbons (Fsp3) is 0.368. The summed E-state index contributed by atoms with van der Waals surface area (Å²) in [6.45, 7) is 3.79. The molecule has 3 unspecified atom stereocenters. The predicted octanol–water partition coefficient (Wildman–Crippen LogP) is 4.06. The van der Waals surface area contributed by atoms with Crippen LogP contribution in [0.5, 0.6) is 0 Å². The van der Waals surface area contributed by atoms with Gasteiger partial charge >= 0.3 is 5.97 Å². The topological polar surface area (TPSA) is 66.4 Å². The molecule has 0 aliphatic heterocycles. The monoisotopic (exact) mass is 343 g/mol. The number of hydrogen-bond donors (Lipinski definition) is 2. The number of nitrogens with one attached hydrogen (secondary N) is 1. The van der Waals surface area contributed by atoms with E-state index in [0.29, 0.717) is 12.3 Å². The zero-order valence-electron chi connectivity index (χ0n) is 13.8. The molecule has 4 nitrogen and oxygen atoms in total. The summed E-state index contributed by atoms with van der Waals surface area (Å²) in [5.41, 5.74) is 3.00. The molecule has 1 aliphatic rings. The molecule has 126 valence electrons. The highest BCUT2D eigenvalue weighted by Gasteiger charge is 2.45. The first kappa shape index (κ1) is 16.7. The number of benzene rings is 1. The third kappa shape index (κ3) is 3.67. The van der Waals surface area contributed by atoms with Gasteiger partial charge in [0.2, 0.25) is 5.91 Å². The van der Waals surface area contributed by atoms with Gasteiger partial charge in [-0.05, 0) is 54.5 Å². The number of amides is 1. The van der Waals surface area contributed by atoms with E-state index in [9.17, 15) is 9.59 Å². The molecule has 1 aliphatic carbocycles. The molecule has 3 atom stereocenters. The standard InChI is InChI=1S/C19H21NO3S/c1-11-7-8-24-17(11)15-10-16(15)18(21)20-14-5-3-13(4-6-14)9-12(2)19(22)23/h3-8,12,15-16H,9-10H2,1-2H3,(H,20,21)(H,22,23). The van der Waals surface area contributed by atoms with Crippen LogP contribution in [0.2, 0.25) is 0 Å². The predicted molar refractivity (Wildman–Crippen MR) is 95.5 cm³/mol.